The summed E-state index contributed by atoms with van der Waals surface area (Å²) >= 11 is 5.80. The van der Waals surface area contributed by atoms with E-state index in [1.54, 1.807) is 26.4 Å². The van der Waals surface area contributed by atoms with Gasteiger partial charge in [-0.15, -0.1) is 0 Å². The number of methoxy groups -OCH3 is 2. The van der Waals surface area contributed by atoms with Gasteiger partial charge >= 0.3 is 0 Å². The molecule has 0 atom stereocenters. The van der Waals surface area contributed by atoms with E-state index in [4.69, 9.17) is 26.2 Å². The van der Waals surface area contributed by atoms with Crippen LogP contribution in [0.25, 0.3) is 0 Å². The zero-order chi connectivity index (χ0) is 13.8. The molecule has 1 aromatic carbocycles. The Morgan fingerprint density at radius 3 is 2.28 bits per heavy atom. The van der Waals surface area contributed by atoms with Crippen LogP contribution >= 0.6 is 11.6 Å². The molecule has 104 valence electrons. The number of rotatable bonds is 6. The summed E-state index contributed by atoms with van der Waals surface area (Å²) in [5, 5.41) is 8.85. The van der Waals surface area contributed by atoms with Crippen LogP contribution in [0.2, 0.25) is 5.02 Å². The molecule has 1 aromatic rings. The molecule has 0 fully saturated rings. The summed E-state index contributed by atoms with van der Waals surface area (Å²) in [6, 6.07) is 5.36. The van der Waals surface area contributed by atoms with Crippen molar-refractivity contribution in [3.05, 3.63) is 23.2 Å². The van der Waals surface area contributed by atoms with E-state index in [0.29, 0.717) is 23.1 Å². The zero-order valence-corrected chi connectivity index (χ0v) is 12.2. The summed E-state index contributed by atoms with van der Waals surface area (Å²) in [4.78, 5) is 0. The van der Waals surface area contributed by atoms with Crippen molar-refractivity contribution < 1.29 is 14.6 Å². The highest BCUT2D eigenvalue weighted by Crippen LogP contribution is 2.33. The molecule has 0 bridgehead atoms. The van der Waals surface area contributed by atoms with E-state index < -0.39 is 0 Å². The second-order valence-electron chi connectivity index (χ2n) is 3.76. The fourth-order valence-corrected chi connectivity index (χ4v) is 1.63. The third kappa shape index (κ3) is 6.72. The first-order valence-corrected chi connectivity index (χ1v) is 6.56. The summed E-state index contributed by atoms with van der Waals surface area (Å²) in [5.41, 5.74) is 0. The Balaban J connectivity index is 0.000000360. The third-order valence-corrected chi connectivity index (χ3v) is 2.66. The molecule has 0 aliphatic carbocycles. The lowest BCUT2D eigenvalue weighted by atomic mass is 10.2. The van der Waals surface area contributed by atoms with E-state index >= 15 is 0 Å². The summed E-state index contributed by atoms with van der Waals surface area (Å²) in [5.74, 6) is 1.23. The molecule has 4 heteroatoms. The van der Waals surface area contributed by atoms with Crippen molar-refractivity contribution in [3.63, 3.8) is 0 Å². The molecule has 1 rings (SSSR count). The monoisotopic (exact) mass is 274 g/mol. The second kappa shape index (κ2) is 11.2. The van der Waals surface area contributed by atoms with Crippen LogP contribution in [-0.4, -0.2) is 25.9 Å². The molecule has 0 radical (unpaired) electrons. The molecular weight excluding hydrogens is 252 g/mol. The molecule has 0 spiro atoms. The maximum atomic E-state index is 8.29. The van der Waals surface area contributed by atoms with E-state index in [9.17, 15) is 0 Å². The average molecular weight is 275 g/mol. The van der Waals surface area contributed by atoms with Crippen molar-refractivity contribution >= 4 is 11.6 Å². The predicted molar refractivity (Wildman–Crippen MR) is 75.8 cm³/mol. The van der Waals surface area contributed by atoms with Crippen LogP contribution in [0.4, 0.5) is 0 Å². The van der Waals surface area contributed by atoms with Crippen molar-refractivity contribution in [1.29, 1.82) is 0 Å². The van der Waals surface area contributed by atoms with Crippen LogP contribution in [0.15, 0.2) is 18.2 Å². The lowest BCUT2D eigenvalue weighted by Gasteiger charge is -2.07. The van der Waals surface area contributed by atoms with Gasteiger partial charge in [-0.05, 0) is 18.6 Å². The van der Waals surface area contributed by atoms with Gasteiger partial charge in [0.25, 0.3) is 0 Å². The molecule has 0 aromatic heterocycles. The Hall–Kier alpha value is -0.930. The van der Waals surface area contributed by atoms with Crippen LogP contribution < -0.4 is 9.47 Å². The Bertz CT molecular complexity index is 312. The first-order chi connectivity index (χ1) is 8.71. The maximum Gasteiger partial charge on any atom is 0.179 e. The quantitative estimate of drug-likeness (QED) is 0.799. The summed E-state index contributed by atoms with van der Waals surface area (Å²) < 4.78 is 10.0. The van der Waals surface area contributed by atoms with Gasteiger partial charge in [0, 0.05) is 6.61 Å². The number of hydrogen-bond acceptors (Lipinski definition) is 3. The number of para-hydroxylation sites is 1. The highest BCUT2D eigenvalue weighted by atomic mass is 35.5. The van der Waals surface area contributed by atoms with Crippen molar-refractivity contribution in [2.75, 3.05) is 20.8 Å². The molecule has 1 N–H and O–H groups in total. The largest absolute Gasteiger partial charge is 0.493 e. The molecule has 0 heterocycles. The minimum atomic E-state index is 0.361. The van der Waals surface area contributed by atoms with Gasteiger partial charge in [0.15, 0.2) is 11.5 Å². The number of aliphatic hydroxyl groups is 1. The number of halogens is 1. The Morgan fingerprint density at radius 1 is 1.11 bits per heavy atom. The van der Waals surface area contributed by atoms with Crippen LogP contribution in [0.3, 0.4) is 0 Å². The van der Waals surface area contributed by atoms with E-state index in [2.05, 4.69) is 6.92 Å². The predicted octanol–water partition coefficient (Wildman–Crippen LogP) is 3.92. The normalized spacial score (nSPS) is 9.39. The van der Waals surface area contributed by atoms with Gasteiger partial charge in [-0.25, -0.2) is 0 Å². The van der Waals surface area contributed by atoms with Crippen molar-refractivity contribution in [2.24, 2.45) is 0 Å². The van der Waals surface area contributed by atoms with Crippen LogP contribution in [0.1, 0.15) is 32.6 Å². The van der Waals surface area contributed by atoms with Gasteiger partial charge in [0.05, 0.1) is 19.2 Å². The number of benzene rings is 1. The number of hydrogen-bond donors (Lipinski definition) is 1. The maximum absolute atomic E-state index is 8.29. The Labute approximate surface area is 115 Å². The fraction of sp³-hybridized carbons (Fsp3) is 0.571. The molecular formula is C14H23ClO3. The number of aliphatic hydroxyl groups excluding tert-OH is 1. The lowest BCUT2D eigenvalue weighted by molar-refractivity contribution is 0.283. The third-order valence-electron chi connectivity index (χ3n) is 2.37. The molecule has 0 saturated carbocycles. The smallest absolute Gasteiger partial charge is 0.179 e. The summed E-state index contributed by atoms with van der Waals surface area (Å²) in [7, 11) is 3.14. The van der Waals surface area contributed by atoms with Gasteiger partial charge in [-0.3, -0.25) is 0 Å². The van der Waals surface area contributed by atoms with Gasteiger partial charge in [-0.2, -0.15) is 0 Å². The van der Waals surface area contributed by atoms with E-state index in [-0.39, 0.29) is 0 Å². The van der Waals surface area contributed by atoms with E-state index in [1.807, 2.05) is 6.07 Å². The minimum Gasteiger partial charge on any atom is -0.493 e. The van der Waals surface area contributed by atoms with E-state index in [0.717, 1.165) is 6.42 Å². The van der Waals surface area contributed by atoms with Gasteiger partial charge < -0.3 is 14.6 Å². The highest BCUT2D eigenvalue weighted by molar-refractivity contribution is 6.32. The van der Waals surface area contributed by atoms with Gasteiger partial charge in [-0.1, -0.05) is 43.9 Å². The summed E-state index contributed by atoms with van der Waals surface area (Å²) in [6.07, 6.45) is 4.68. The first-order valence-electron chi connectivity index (χ1n) is 6.18. The summed E-state index contributed by atoms with van der Waals surface area (Å²) in [6.45, 7) is 2.53. The molecule has 18 heavy (non-hydrogen) atoms. The second-order valence-corrected chi connectivity index (χ2v) is 4.17. The van der Waals surface area contributed by atoms with Crippen LogP contribution in [-0.2, 0) is 0 Å². The van der Waals surface area contributed by atoms with Crippen molar-refractivity contribution in [3.8, 4) is 11.5 Å². The van der Waals surface area contributed by atoms with Crippen molar-refractivity contribution in [1.82, 2.24) is 0 Å². The molecule has 0 aliphatic heterocycles. The number of ether oxygens (including phenoxy) is 2. The fourth-order valence-electron chi connectivity index (χ4n) is 1.39. The first kappa shape index (κ1) is 17.1. The molecule has 3 nitrogen and oxygen atoms in total. The molecule has 0 unspecified atom stereocenters. The van der Waals surface area contributed by atoms with Gasteiger partial charge in [0.2, 0.25) is 0 Å². The topological polar surface area (TPSA) is 38.7 Å². The zero-order valence-electron chi connectivity index (χ0n) is 11.4. The van der Waals surface area contributed by atoms with Crippen LogP contribution in [0, 0.1) is 0 Å². The van der Waals surface area contributed by atoms with Gasteiger partial charge in [0.1, 0.15) is 0 Å². The lowest BCUT2D eigenvalue weighted by Crippen LogP contribution is -1.89. The molecule has 0 amide bonds. The number of unbranched alkanes of at least 4 members (excludes halogenated alkanes) is 3. The SMILES string of the molecule is CCCCCCO.COc1cccc(Cl)c1OC. The average Bonchev–Trinajstić information content (AvgIpc) is 2.39. The molecule has 0 saturated heterocycles. The Kier molecular flexibility index (Phi) is 10.6. The van der Waals surface area contributed by atoms with Crippen LogP contribution in [0.5, 0.6) is 11.5 Å². The van der Waals surface area contributed by atoms with Crippen molar-refractivity contribution in [2.45, 2.75) is 32.6 Å². The minimum absolute atomic E-state index is 0.361. The highest BCUT2D eigenvalue weighted by Gasteiger charge is 2.05. The molecule has 0 aliphatic rings. The standard InChI is InChI=1S/C8H9ClO2.C6H14O/c1-10-7-5-3-4-6(9)8(7)11-2;1-2-3-4-5-6-7/h3-5H,1-2H3;7H,2-6H2,1H3. The Morgan fingerprint density at radius 2 is 1.83 bits per heavy atom. The van der Waals surface area contributed by atoms with E-state index in [1.165, 1.54) is 19.3 Å².